The second-order valence-electron chi connectivity index (χ2n) is 5.57. The van der Waals surface area contributed by atoms with Crippen LogP contribution in [0.2, 0.25) is 0 Å². The zero-order chi connectivity index (χ0) is 18.0. The number of hydrogen-bond donors (Lipinski definition) is 0. The molecule has 0 N–H and O–H groups in total. The molecule has 0 aliphatic carbocycles. The molecule has 126 valence electrons. The van der Waals surface area contributed by atoms with E-state index in [4.69, 9.17) is 5.26 Å². The summed E-state index contributed by atoms with van der Waals surface area (Å²) < 4.78 is 51.3. The van der Waals surface area contributed by atoms with Crippen LogP contribution in [0.15, 0.2) is 59.5 Å². The quantitative estimate of drug-likeness (QED) is 0.692. The van der Waals surface area contributed by atoms with Crippen LogP contribution in [0.5, 0.6) is 0 Å². The maximum Gasteiger partial charge on any atom is 0.179 e. The molecule has 0 amide bonds. The molecule has 0 radical (unpaired) electrons. The van der Waals surface area contributed by atoms with E-state index in [2.05, 4.69) is 0 Å². The molecular formula is C19H13F2NO2S. The van der Waals surface area contributed by atoms with Crippen molar-refractivity contribution in [2.75, 3.05) is 5.75 Å². The summed E-state index contributed by atoms with van der Waals surface area (Å²) in [6.07, 6.45) is -0.0663. The van der Waals surface area contributed by atoms with E-state index in [-0.39, 0.29) is 22.6 Å². The van der Waals surface area contributed by atoms with Crippen LogP contribution in [-0.4, -0.2) is 14.2 Å². The molecule has 0 heterocycles. The van der Waals surface area contributed by atoms with E-state index < -0.39 is 21.5 Å². The van der Waals surface area contributed by atoms with Gasteiger partial charge in [-0.1, -0.05) is 18.2 Å². The van der Waals surface area contributed by atoms with Gasteiger partial charge in [-0.05, 0) is 46.7 Å². The highest BCUT2D eigenvalue weighted by molar-refractivity contribution is 7.91. The molecule has 0 bridgehead atoms. The molecule has 25 heavy (non-hydrogen) atoms. The Morgan fingerprint density at radius 2 is 1.64 bits per heavy atom. The Bertz CT molecular complexity index is 1100. The van der Waals surface area contributed by atoms with Gasteiger partial charge in [0.25, 0.3) is 0 Å². The summed E-state index contributed by atoms with van der Waals surface area (Å²) in [5, 5.41) is 9.98. The predicted octanol–water partition coefficient (Wildman–Crippen LogP) is 4.47. The number of nitriles is 1. The van der Waals surface area contributed by atoms with E-state index in [1.165, 1.54) is 24.3 Å². The summed E-state index contributed by atoms with van der Waals surface area (Å²) >= 11 is 0. The lowest BCUT2D eigenvalue weighted by Gasteiger charge is -2.08. The molecule has 0 saturated heterocycles. The van der Waals surface area contributed by atoms with Crippen molar-refractivity contribution in [2.45, 2.75) is 11.3 Å². The van der Waals surface area contributed by atoms with Crippen molar-refractivity contribution in [1.82, 2.24) is 0 Å². The van der Waals surface area contributed by atoms with Crippen LogP contribution in [0.4, 0.5) is 8.78 Å². The van der Waals surface area contributed by atoms with E-state index in [0.29, 0.717) is 10.9 Å². The Hall–Kier alpha value is -2.78. The van der Waals surface area contributed by atoms with Crippen molar-refractivity contribution in [3.63, 3.8) is 0 Å². The van der Waals surface area contributed by atoms with Gasteiger partial charge in [-0.15, -0.1) is 0 Å². The molecule has 0 saturated carbocycles. The fraction of sp³-hybridized carbons (Fsp3) is 0.105. The van der Waals surface area contributed by atoms with Gasteiger partial charge in [0, 0.05) is 18.1 Å². The highest BCUT2D eigenvalue weighted by atomic mass is 32.2. The van der Waals surface area contributed by atoms with Crippen LogP contribution in [-0.2, 0) is 9.84 Å². The number of fused-ring (bicyclic) bond motifs is 1. The molecule has 0 aliphatic rings. The fourth-order valence-electron chi connectivity index (χ4n) is 2.61. The van der Waals surface area contributed by atoms with Gasteiger partial charge in [0.2, 0.25) is 0 Å². The highest BCUT2D eigenvalue weighted by Gasteiger charge is 2.15. The highest BCUT2D eigenvalue weighted by Crippen LogP contribution is 2.28. The summed E-state index contributed by atoms with van der Waals surface area (Å²) in [6.45, 7) is 0. The molecule has 6 heteroatoms. The maximum absolute atomic E-state index is 13.9. The Morgan fingerprint density at radius 3 is 2.36 bits per heavy atom. The Kier molecular flexibility index (Phi) is 4.51. The lowest BCUT2D eigenvalue weighted by Crippen LogP contribution is -2.06. The smallest absolute Gasteiger partial charge is 0.179 e. The minimum Gasteiger partial charge on any atom is -0.224 e. The average molecular weight is 357 g/mol. The predicted molar refractivity (Wildman–Crippen MR) is 91.6 cm³/mol. The number of nitrogens with zero attached hydrogens (tertiary/aromatic N) is 1. The number of hydrogen-bond acceptors (Lipinski definition) is 3. The summed E-state index contributed by atoms with van der Waals surface area (Å²) in [5.74, 6) is -1.53. The van der Waals surface area contributed by atoms with Gasteiger partial charge in [-0.2, -0.15) is 5.26 Å². The first kappa shape index (κ1) is 17.1. The molecule has 3 aromatic rings. The minimum absolute atomic E-state index is 0.0663. The maximum atomic E-state index is 13.9. The number of halogens is 2. The van der Waals surface area contributed by atoms with Gasteiger partial charge in [-0.25, -0.2) is 17.2 Å². The molecule has 0 atom stereocenters. The van der Waals surface area contributed by atoms with Gasteiger partial charge < -0.3 is 0 Å². The van der Waals surface area contributed by atoms with Crippen LogP contribution in [0.25, 0.3) is 21.9 Å². The molecule has 0 aromatic heterocycles. The van der Waals surface area contributed by atoms with Crippen molar-refractivity contribution < 1.29 is 17.2 Å². The second kappa shape index (κ2) is 6.61. The number of rotatable bonds is 4. The first-order valence-corrected chi connectivity index (χ1v) is 9.15. The van der Waals surface area contributed by atoms with Gasteiger partial charge in [0.15, 0.2) is 9.84 Å². The molecule has 0 spiro atoms. The standard InChI is InChI=1S/C19H13F2NO2S/c20-16-5-7-18(19(21)12-16)15-3-2-14-11-17(6-4-13(14)10-15)25(23,24)9-1-8-22/h2-7,10-12H,1,9H2. The number of sulfone groups is 1. The van der Waals surface area contributed by atoms with Gasteiger partial charge >= 0.3 is 0 Å². The van der Waals surface area contributed by atoms with Crippen LogP contribution < -0.4 is 0 Å². The average Bonchev–Trinajstić information content (AvgIpc) is 2.59. The van der Waals surface area contributed by atoms with Crippen molar-refractivity contribution in [3.8, 4) is 17.2 Å². The van der Waals surface area contributed by atoms with Crippen LogP contribution in [0, 0.1) is 23.0 Å². The first-order chi connectivity index (χ1) is 11.9. The summed E-state index contributed by atoms with van der Waals surface area (Å²) in [4.78, 5) is 0.149. The zero-order valence-electron chi connectivity index (χ0n) is 13.0. The van der Waals surface area contributed by atoms with Crippen LogP contribution in [0.3, 0.4) is 0 Å². The van der Waals surface area contributed by atoms with E-state index in [9.17, 15) is 17.2 Å². The second-order valence-corrected chi connectivity index (χ2v) is 7.68. The number of benzene rings is 3. The SMILES string of the molecule is N#CCCS(=O)(=O)c1ccc2cc(-c3ccc(F)cc3F)ccc2c1. The zero-order valence-corrected chi connectivity index (χ0v) is 13.9. The summed E-state index contributed by atoms with van der Waals surface area (Å²) in [5.41, 5.74) is 0.846. The third kappa shape index (κ3) is 3.52. The Labute approximate surface area is 144 Å². The summed E-state index contributed by atoms with van der Waals surface area (Å²) in [6, 6.07) is 14.9. The lowest BCUT2D eigenvalue weighted by molar-refractivity contribution is 0.585. The van der Waals surface area contributed by atoms with Crippen LogP contribution in [0.1, 0.15) is 6.42 Å². The lowest BCUT2D eigenvalue weighted by atomic mass is 10.0. The molecule has 3 rings (SSSR count). The molecule has 0 aliphatic heterocycles. The minimum atomic E-state index is -3.51. The van der Waals surface area contributed by atoms with E-state index in [1.54, 1.807) is 24.3 Å². The first-order valence-electron chi connectivity index (χ1n) is 7.50. The van der Waals surface area contributed by atoms with Crippen molar-refractivity contribution >= 4 is 20.6 Å². The van der Waals surface area contributed by atoms with Gasteiger partial charge in [-0.3, -0.25) is 0 Å². The van der Waals surface area contributed by atoms with Crippen LogP contribution >= 0.6 is 0 Å². The van der Waals surface area contributed by atoms with E-state index in [0.717, 1.165) is 11.5 Å². The fourth-order valence-corrected chi connectivity index (χ4v) is 3.78. The van der Waals surface area contributed by atoms with Crippen molar-refractivity contribution in [3.05, 3.63) is 66.2 Å². The van der Waals surface area contributed by atoms with E-state index in [1.807, 2.05) is 6.07 Å². The normalized spacial score (nSPS) is 11.4. The molecule has 3 aromatic carbocycles. The van der Waals surface area contributed by atoms with E-state index >= 15 is 0 Å². The summed E-state index contributed by atoms with van der Waals surface area (Å²) in [7, 11) is -3.51. The molecule has 0 unspecified atom stereocenters. The topological polar surface area (TPSA) is 57.9 Å². The van der Waals surface area contributed by atoms with Gasteiger partial charge in [0.05, 0.1) is 16.7 Å². The molecular weight excluding hydrogens is 344 g/mol. The molecule has 3 nitrogen and oxygen atoms in total. The largest absolute Gasteiger partial charge is 0.224 e. The Morgan fingerprint density at radius 1 is 0.920 bits per heavy atom. The van der Waals surface area contributed by atoms with Crippen molar-refractivity contribution in [2.24, 2.45) is 0 Å². The van der Waals surface area contributed by atoms with Crippen molar-refractivity contribution in [1.29, 1.82) is 5.26 Å². The third-order valence-electron chi connectivity index (χ3n) is 3.90. The monoisotopic (exact) mass is 357 g/mol. The Balaban J connectivity index is 2.03. The van der Waals surface area contributed by atoms with Gasteiger partial charge in [0.1, 0.15) is 11.6 Å². The molecule has 0 fully saturated rings. The third-order valence-corrected chi connectivity index (χ3v) is 5.61.